The van der Waals surface area contributed by atoms with Gasteiger partial charge < -0.3 is 15.2 Å². The Labute approximate surface area is 196 Å². The number of hydrogen-bond acceptors (Lipinski definition) is 5. The Hall–Kier alpha value is -3.65. The number of rotatable bonds is 7. The fourth-order valence-corrected chi connectivity index (χ4v) is 4.19. The van der Waals surface area contributed by atoms with Crippen LogP contribution >= 0.6 is 11.8 Å². The van der Waals surface area contributed by atoms with Gasteiger partial charge in [0, 0.05) is 18.3 Å². The second-order valence-electron chi connectivity index (χ2n) is 7.86. The Kier molecular flexibility index (Phi) is 6.74. The molecule has 168 valence electrons. The normalized spacial score (nSPS) is 11.8. The maximum absolute atomic E-state index is 12.5. The third-order valence-electron chi connectivity index (χ3n) is 5.28. The van der Waals surface area contributed by atoms with Gasteiger partial charge in [0.15, 0.2) is 11.0 Å². The van der Waals surface area contributed by atoms with Gasteiger partial charge in [-0.25, -0.2) is 0 Å². The van der Waals surface area contributed by atoms with Gasteiger partial charge in [-0.2, -0.15) is 0 Å². The Bertz CT molecular complexity index is 1300. The number of nitrogens with zero attached hydrogens (tertiary/aromatic N) is 3. The molecule has 1 aromatic heterocycles. The molecule has 2 amide bonds. The van der Waals surface area contributed by atoms with Crippen LogP contribution in [0.2, 0.25) is 0 Å². The van der Waals surface area contributed by atoms with Gasteiger partial charge in [-0.3, -0.25) is 9.59 Å². The number of hydrogen-bond donors (Lipinski definition) is 2. The maximum atomic E-state index is 12.5. The minimum Gasteiger partial charge on any atom is -0.342 e. The van der Waals surface area contributed by atoms with Crippen molar-refractivity contribution in [2.75, 3.05) is 11.1 Å². The van der Waals surface area contributed by atoms with Gasteiger partial charge in [-0.1, -0.05) is 59.8 Å². The summed E-state index contributed by atoms with van der Waals surface area (Å²) < 4.78 is 1.80. The van der Waals surface area contributed by atoms with Crippen LogP contribution in [0.4, 0.5) is 5.69 Å². The SMILES string of the molecule is Cc1ccc(C(=O)N[C@H](C)c2nnc(SCC(=O)Nc3ccc4ccccc4c3)n2C)cc1. The molecule has 0 aliphatic heterocycles. The number of carbonyl (C=O) groups excluding carboxylic acids is 2. The Balaban J connectivity index is 1.34. The van der Waals surface area contributed by atoms with Crippen molar-refractivity contribution < 1.29 is 9.59 Å². The molecule has 0 radical (unpaired) electrons. The highest BCUT2D eigenvalue weighted by Crippen LogP contribution is 2.21. The quantitative estimate of drug-likeness (QED) is 0.397. The molecule has 1 atom stereocenters. The molecule has 0 saturated heterocycles. The molecule has 0 aliphatic rings. The molecular weight excluding hydrogens is 434 g/mol. The summed E-state index contributed by atoms with van der Waals surface area (Å²) in [6, 6.07) is 20.9. The summed E-state index contributed by atoms with van der Waals surface area (Å²) in [5, 5.41) is 17.1. The summed E-state index contributed by atoms with van der Waals surface area (Å²) in [5.74, 6) is 0.519. The molecule has 0 aliphatic carbocycles. The van der Waals surface area contributed by atoms with E-state index < -0.39 is 0 Å². The van der Waals surface area contributed by atoms with E-state index in [1.54, 1.807) is 16.7 Å². The molecule has 4 aromatic rings. The molecule has 33 heavy (non-hydrogen) atoms. The van der Waals surface area contributed by atoms with Crippen LogP contribution in [0.3, 0.4) is 0 Å². The van der Waals surface area contributed by atoms with E-state index in [0.29, 0.717) is 16.5 Å². The summed E-state index contributed by atoms with van der Waals surface area (Å²) in [6.45, 7) is 3.84. The number of nitrogens with one attached hydrogen (secondary N) is 2. The first kappa shape index (κ1) is 22.5. The molecule has 2 N–H and O–H groups in total. The second-order valence-corrected chi connectivity index (χ2v) is 8.80. The highest BCUT2D eigenvalue weighted by atomic mass is 32.2. The molecular formula is C25H25N5O2S. The van der Waals surface area contributed by atoms with Gasteiger partial charge in [-0.15, -0.1) is 10.2 Å². The molecule has 4 rings (SSSR count). The Morgan fingerprint density at radius 1 is 1.00 bits per heavy atom. The van der Waals surface area contributed by atoms with Crippen molar-refractivity contribution in [2.24, 2.45) is 7.05 Å². The van der Waals surface area contributed by atoms with Crippen molar-refractivity contribution in [1.82, 2.24) is 20.1 Å². The van der Waals surface area contributed by atoms with Gasteiger partial charge in [0.1, 0.15) is 0 Å². The molecule has 0 saturated carbocycles. The van der Waals surface area contributed by atoms with Gasteiger partial charge in [-0.05, 0) is 48.9 Å². The molecule has 0 unspecified atom stereocenters. The number of amides is 2. The number of aromatic nitrogens is 3. The van der Waals surface area contributed by atoms with Crippen LogP contribution < -0.4 is 10.6 Å². The van der Waals surface area contributed by atoms with Crippen LogP contribution in [0.15, 0.2) is 71.9 Å². The average molecular weight is 460 g/mol. The summed E-state index contributed by atoms with van der Waals surface area (Å²) in [7, 11) is 1.83. The molecule has 3 aromatic carbocycles. The minimum absolute atomic E-state index is 0.124. The van der Waals surface area contributed by atoms with Gasteiger partial charge >= 0.3 is 0 Å². The monoisotopic (exact) mass is 459 g/mol. The highest BCUT2D eigenvalue weighted by Gasteiger charge is 2.19. The van der Waals surface area contributed by atoms with E-state index >= 15 is 0 Å². The number of thioether (sulfide) groups is 1. The van der Waals surface area contributed by atoms with Crippen molar-refractivity contribution in [3.63, 3.8) is 0 Å². The predicted octanol–water partition coefficient (Wildman–Crippen LogP) is 4.50. The topological polar surface area (TPSA) is 88.9 Å². The largest absolute Gasteiger partial charge is 0.342 e. The van der Waals surface area contributed by atoms with Crippen LogP contribution in [-0.4, -0.2) is 32.3 Å². The zero-order valence-electron chi connectivity index (χ0n) is 18.7. The third-order valence-corrected chi connectivity index (χ3v) is 6.30. The van der Waals surface area contributed by atoms with Crippen LogP contribution in [0.1, 0.15) is 34.7 Å². The molecule has 1 heterocycles. The van der Waals surface area contributed by atoms with E-state index in [9.17, 15) is 9.59 Å². The summed E-state index contributed by atoms with van der Waals surface area (Å²) in [5.41, 5.74) is 2.44. The first-order valence-corrected chi connectivity index (χ1v) is 11.6. The zero-order valence-corrected chi connectivity index (χ0v) is 19.5. The van der Waals surface area contributed by atoms with E-state index in [1.807, 2.05) is 75.5 Å². The number of fused-ring (bicyclic) bond motifs is 1. The van der Waals surface area contributed by atoms with E-state index in [1.165, 1.54) is 11.8 Å². The second kappa shape index (κ2) is 9.87. The summed E-state index contributed by atoms with van der Waals surface area (Å²) >= 11 is 1.30. The summed E-state index contributed by atoms with van der Waals surface area (Å²) in [6.07, 6.45) is 0. The fourth-order valence-electron chi connectivity index (χ4n) is 3.47. The highest BCUT2D eigenvalue weighted by molar-refractivity contribution is 7.99. The average Bonchev–Trinajstić information content (AvgIpc) is 3.18. The van der Waals surface area contributed by atoms with Gasteiger partial charge in [0.2, 0.25) is 5.91 Å². The van der Waals surface area contributed by atoms with Crippen molar-refractivity contribution in [1.29, 1.82) is 0 Å². The van der Waals surface area contributed by atoms with E-state index in [0.717, 1.165) is 22.0 Å². The molecule has 0 fully saturated rings. The van der Waals surface area contributed by atoms with Crippen molar-refractivity contribution in [3.05, 3.63) is 83.7 Å². The van der Waals surface area contributed by atoms with Crippen molar-refractivity contribution >= 4 is 40.0 Å². The van der Waals surface area contributed by atoms with Crippen molar-refractivity contribution in [2.45, 2.75) is 25.0 Å². The number of anilines is 1. The lowest BCUT2D eigenvalue weighted by Gasteiger charge is -2.13. The number of benzene rings is 3. The van der Waals surface area contributed by atoms with E-state index in [4.69, 9.17) is 0 Å². The number of aryl methyl sites for hydroxylation is 1. The molecule has 0 bridgehead atoms. The molecule has 8 heteroatoms. The van der Waals surface area contributed by atoms with E-state index in [-0.39, 0.29) is 23.6 Å². The van der Waals surface area contributed by atoms with Gasteiger partial charge in [0.25, 0.3) is 5.91 Å². The number of carbonyl (C=O) groups is 2. The maximum Gasteiger partial charge on any atom is 0.251 e. The third kappa shape index (κ3) is 5.40. The Morgan fingerprint density at radius 3 is 2.48 bits per heavy atom. The smallest absolute Gasteiger partial charge is 0.251 e. The van der Waals surface area contributed by atoms with Crippen LogP contribution in [-0.2, 0) is 11.8 Å². The lowest BCUT2D eigenvalue weighted by Crippen LogP contribution is -2.28. The van der Waals surface area contributed by atoms with Crippen LogP contribution in [0.5, 0.6) is 0 Å². The zero-order chi connectivity index (χ0) is 23.4. The molecule has 0 spiro atoms. The van der Waals surface area contributed by atoms with Crippen molar-refractivity contribution in [3.8, 4) is 0 Å². The summed E-state index contributed by atoms with van der Waals surface area (Å²) in [4.78, 5) is 25.0. The lowest BCUT2D eigenvalue weighted by atomic mass is 10.1. The van der Waals surface area contributed by atoms with Crippen LogP contribution in [0, 0.1) is 6.92 Å². The predicted molar refractivity (Wildman–Crippen MR) is 131 cm³/mol. The molecule has 7 nitrogen and oxygen atoms in total. The standard InChI is InChI=1S/C25H25N5O2S/c1-16-8-10-19(11-9-16)24(32)26-17(2)23-28-29-25(30(23)3)33-15-22(31)27-21-13-12-18-6-4-5-7-20(18)14-21/h4-14,17H,15H2,1-3H3,(H,26,32)(H,27,31)/t17-/m1/s1. The lowest BCUT2D eigenvalue weighted by molar-refractivity contribution is -0.113. The van der Waals surface area contributed by atoms with E-state index in [2.05, 4.69) is 20.8 Å². The van der Waals surface area contributed by atoms with Gasteiger partial charge in [0.05, 0.1) is 11.8 Å². The fraction of sp³-hybridized carbons (Fsp3) is 0.200. The minimum atomic E-state index is -0.336. The first-order chi connectivity index (χ1) is 15.9. The van der Waals surface area contributed by atoms with Crippen LogP contribution in [0.25, 0.3) is 10.8 Å². The Morgan fingerprint density at radius 2 is 1.73 bits per heavy atom. The first-order valence-electron chi connectivity index (χ1n) is 10.6.